The molecule has 2 aromatic heterocycles. The molecule has 0 radical (unpaired) electrons. The lowest BCUT2D eigenvalue weighted by atomic mass is 10.0. The largest absolute Gasteiger partial charge is 0.343 e. The van der Waals surface area contributed by atoms with Crippen molar-refractivity contribution in [1.29, 1.82) is 0 Å². The van der Waals surface area contributed by atoms with Crippen molar-refractivity contribution in [3.8, 4) is 34.0 Å². The van der Waals surface area contributed by atoms with Gasteiger partial charge in [-0.15, -0.1) is 15.3 Å². The van der Waals surface area contributed by atoms with Crippen LogP contribution in [0.1, 0.15) is 32.2 Å². The van der Waals surface area contributed by atoms with E-state index in [-0.39, 0.29) is 11.9 Å². The molecule has 0 unspecified atom stereocenters. The Kier molecular flexibility index (Phi) is 5.89. The van der Waals surface area contributed by atoms with E-state index in [9.17, 15) is 4.79 Å². The first-order chi connectivity index (χ1) is 16.2. The number of rotatable bonds is 5. The van der Waals surface area contributed by atoms with E-state index in [4.69, 9.17) is 4.98 Å². The Bertz CT molecular complexity index is 1230. The van der Waals surface area contributed by atoms with E-state index in [0.717, 1.165) is 48.4 Å². The molecule has 1 aliphatic heterocycles. The number of likely N-dealkylation sites (tertiary alicyclic amines) is 1. The van der Waals surface area contributed by atoms with Gasteiger partial charge in [0.1, 0.15) is 11.4 Å². The summed E-state index contributed by atoms with van der Waals surface area (Å²) in [6.07, 6.45) is 4.15. The molecule has 0 bridgehead atoms. The summed E-state index contributed by atoms with van der Waals surface area (Å²) in [6, 6.07) is 20.1. The number of nitrogens with zero attached hydrogens (tertiary/aromatic N) is 7. The highest BCUT2D eigenvalue weighted by Gasteiger charge is 2.24. The van der Waals surface area contributed by atoms with Gasteiger partial charge in [0.15, 0.2) is 5.69 Å². The van der Waals surface area contributed by atoms with Crippen LogP contribution in [0.3, 0.4) is 0 Å². The fourth-order valence-corrected chi connectivity index (χ4v) is 4.18. The number of aromatic nitrogens is 6. The fraction of sp³-hybridized carbons (Fsp3) is 0.280. The van der Waals surface area contributed by atoms with Gasteiger partial charge >= 0.3 is 0 Å². The third-order valence-electron chi connectivity index (χ3n) is 6.01. The summed E-state index contributed by atoms with van der Waals surface area (Å²) >= 11 is 0. The zero-order chi connectivity index (χ0) is 22.6. The second-order valence-corrected chi connectivity index (χ2v) is 8.11. The van der Waals surface area contributed by atoms with E-state index in [1.54, 1.807) is 0 Å². The first kappa shape index (κ1) is 20.9. The number of hydrogen-bond acceptors (Lipinski definition) is 6. The lowest BCUT2D eigenvalue weighted by Crippen LogP contribution is -2.38. The molecule has 8 nitrogen and oxygen atoms in total. The second-order valence-electron chi connectivity index (χ2n) is 8.11. The standard InChI is InChI=1S/C25H25N7O/c1-2-22(33)31-15-13-20(14-16-31)32-17-21(27-30-32)25-26-23(18-9-5-3-6-10-18)24(28-29-25)19-11-7-4-8-12-19/h3-12,17,20H,2,13-16H2,1H3. The molecule has 1 saturated heterocycles. The van der Waals surface area contributed by atoms with E-state index < -0.39 is 0 Å². The molecule has 5 rings (SSSR count). The number of carbonyl (C=O) groups excluding carboxylic acids is 1. The Labute approximate surface area is 192 Å². The minimum Gasteiger partial charge on any atom is -0.343 e. The second kappa shape index (κ2) is 9.28. The molecule has 166 valence electrons. The van der Waals surface area contributed by atoms with Crippen LogP contribution in [0, 0.1) is 0 Å². The Hall–Kier alpha value is -3.94. The highest BCUT2D eigenvalue weighted by atomic mass is 16.2. The van der Waals surface area contributed by atoms with E-state index >= 15 is 0 Å². The van der Waals surface area contributed by atoms with Gasteiger partial charge in [0.25, 0.3) is 0 Å². The highest BCUT2D eigenvalue weighted by molar-refractivity contribution is 5.78. The van der Waals surface area contributed by atoms with Crippen LogP contribution in [0.25, 0.3) is 34.0 Å². The highest BCUT2D eigenvalue weighted by Crippen LogP contribution is 2.30. The van der Waals surface area contributed by atoms with Crippen molar-refractivity contribution in [3.05, 3.63) is 66.9 Å². The maximum atomic E-state index is 11.9. The Balaban J connectivity index is 1.44. The van der Waals surface area contributed by atoms with E-state index in [2.05, 4.69) is 20.5 Å². The molecule has 1 aliphatic rings. The normalized spacial score (nSPS) is 14.4. The van der Waals surface area contributed by atoms with Crippen LogP contribution in [-0.4, -0.2) is 54.1 Å². The van der Waals surface area contributed by atoms with Crippen LogP contribution in [0.5, 0.6) is 0 Å². The maximum Gasteiger partial charge on any atom is 0.222 e. The van der Waals surface area contributed by atoms with Gasteiger partial charge in [-0.05, 0) is 12.8 Å². The summed E-state index contributed by atoms with van der Waals surface area (Å²) in [5.41, 5.74) is 4.00. The van der Waals surface area contributed by atoms with Crippen molar-refractivity contribution in [2.75, 3.05) is 13.1 Å². The molecular formula is C25H25N7O. The molecule has 3 heterocycles. The Morgan fingerprint density at radius 1 is 0.879 bits per heavy atom. The smallest absolute Gasteiger partial charge is 0.222 e. The third kappa shape index (κ3) is 4.37. The average Bonchev–Trinajstić information content (AvgIpc) is 3.39. The van der Waals surface area contributed by atoms with E-state index in [0.29, 0.717) is 17.9 Å². The molecule has 1 amide bonds. The Morgan fingerprint density at radius 3 is 2.15 bits per heavy atom. The zero-order valence-corrected chi connectivity index (χ0v) is 18.5. The van der Waals surface area contributed by atoms with Gasteiger partial charge in [-0.25, -0.2) is 9.67 Å². The van der Waals surface area contributed by atoms with Gasteiger partial charge in [0, 0.05) is 30.6 Å². The summed E-state index contributed by atoms with van der Waals surface area (Å²) < 4.78 is 1.87. The lowest BCUT2D eigenvalue weighted by molar-refractivity contribution is -0.132. The van der Waals surface area contributed by atoms with Crippen molar-refractivity contribution in [1.82, 2.24) is 35.1 Å². The van der Waals surface area contributed by atoms with Crippen LogP contribution < -0.4 is 0 Å². The third-order valence-corrected chi connectivity index (χ3v) is 6.01. The number of hydrogen-bond donors (Lipinski definition) is 0. The summed E-state index contributed by atoms with van der Waals surface area (Å²) in [5, 5.41) is 17.6. The molecule has 8 heteroatoms. The lowest BCUT2D eigenvalue weighted by Gasteiger charge is -2.31. The quantitative estimate of drug-likeness (QED) is 0.466. The topological polar surface area (TPSA) is 89.7 Å². The first-order valence-electron chi connectivity index (χ1n) is 11.3. The SMILES string of the molecule is CCC(=O)N1CCC(n2cc(-c3nnc(-c4ccccc4)c(-c4ccccc4)n3)nn2)CC1. The molecule has 4 aromatic rings. The van der Waals surface area contributed by atoms with E-state index in [1.165, 1.54) is 0 Å². The van der Waals surface area contributed by atoms with Crippen LogP contribution in [0.4, 0.5) is 0 Å². The molecule has 33 heavy (non-hydrogen) atoms. The van der Waals surface area contributed by atoms with Crippen molar-refractivity contribution in [2.24, 2.45) is 0 Å². The molecule has 0 N–H and O–H groups in total. The van der Waals surface area contributed by atoms with E-state index in [1.807, 2.05) is 83.4 Å². The molecule has 2 aromatic carbocycles. The summed E-state index contributed by atoms with van der Waals surface area (Å²) in [5.74, 6) is 0.650. The van der Waals surface area contributed by atoms with Crippen molar-refractivity contribution < 1.29 is 4.79 Å². The van der Waals surface area contributed by atoms with Gasteiger partial charge in [-0.1, -0.05) is 72.8 Å². The average molecular weight is 440 g/mol. The number of carbonyl (C=O) groups is 1. The van der Waals surface area contributed by atoms with Crippen molar-refractivity contribution >= 4 is 5.91 Å². The molecule has 0 spiro atoms. The maximum absolute atomic E-state index is 11.9. The summed E-state index contributed by atoms with van der Waals surface area (Å²) in [7, 11) is 0. The molecular weight excluding hydrogens is 414 g/mol. The monoisotopic (exact) mass is 439 g/mol. The summed E-state index contributed by atoms with van der Waals surface area (Å²) in [4.78, 5) is 18.7. The predicted molar refractivity (Wildman–Crippen MR) is 125 cm³/mol. The summed E-state index contributed by atoms with van der Waals surface area (Å²) in [6.45, 7) is 3.39. The molecule has 1 fully saturated rings. The van der Waals surface area contributed by atoms with Gasteiger partial charge in [-0.3, -0.25) is 4.79 Å². The van der Waals surface area contributed by atoms with Crippen LogP contribution in [0.2, 0.25) is 0 Å². The van der Waals surface area contributed by atoms with Gasteiger partial charge in [-0.2, -0.15) is 0 Å². The van der Waals surface area contributed by atoms with Crippen LogP contribution in [0.15, 0.2) is 66.9 Å². The van der Waals surface area contributed by atoms with Gasteiger partial charge < -0.3 is 4.90 Å². The number of amides is 1. The van der Waals surface area contributed by atoms with Gasteiger partial charge in [0.2, 0.25) is 11.7 Å². The van der Waals surface area contributed by atoms with Crippen LogP contribution >= 0.6 is 0 Å². The van der Waals surface area contributed by atoms with Gasteiger partial charge in [0.05, 0.1) is 12.2 Å². The van der Waals surface area contributed by atoms with Crippen molar-refractivity contribution in [3.63, 3.8) is 0 Å². The molecule has 0 aliphatic carbocycles. The minimum absolute atomic E-state index is 0.206. The molecule has 0 saturated carbocycles. The fourth-order valence-electron chi connectivity index (χ4n) is 4.18. The van der Waals surface area contributed by atoms with Crippen molar-refractivity contribution in [2.45, 2.75) is 32.2 Å². The predicted octanol–water partition coefficient (Wildman–Crippen LogP) is 4.04. The Morgan fingerprint density at radius 2 is 1.52 bits per heavy atom. The van der Waals surface area contributed by atoms with Crippen LogP contribution in [-0.2, 0) is 4.79 Å². The number of benzene rings is 2. The number of piperidine rings is 1. The minimum atomic E-state index is 0.206. The first-order valence-corrected chi connectivity index (χ1v) is 11.3. The zero-order valence-electron chi connectivity index (χ0n) is 18.5. The molecule has 0 atom stereocenters.